The maximum absolute atomic E-state index is 12.7. The Hall–Kier alpha value is -4.05. The molecule has 10 nitrogen and oxygen atoms in total. The molecule has 0 unspecified atom stereocenters. The number of benzene rings is 2. The molecule has 0 bridgehead atoms. The minimum absolute atomic E-state index is 0.114. The van der Waals surface area contributed by atoms with Crippen LogP contribution in [0.2, 0.25) is 5.02 Å². The number of non-ortho nitro benzene ring substituents is 1. The molecule has 0 radical (unpaired) electrons. The number of hydrazone groups is 1. The normalized spacial score (nSPS) is 10.9. The molecular formula is C24H24ClN3O7. The van der Waals surface area contributed by atoms with Crippen molar-refractivity contribution in [3.05, 3.63) is 68.9 Å². The van der Waals surface area contributed by atoms with Gasteiger partial charge in [0.2, 0.25) is 5.75 Å². The number of halogens is 1. The van der Waals surface area contributed by atoms with E-state index in [2.05, 4.69) is 10.5 Å². The summed E-state index contributed by atoms with van der Waals surface area (Å²) in [4.78, 5) is 23.2. The van der Waals surface area contributed by atoms with Gasteiger partial charge in [0.25, 0.3) is 11.6 Å². The molecule has 3 aromatic rings. The zero-order valence-electron chi connectivity index (χ0n) is 19.4. The Morgan fingerprint density at radius 1 is 1.06 bits per heavy atom. The van der Waals surface area contributed by atoms with Gasteiger partial charge >= 0.3 is 0 Å². The third-order valence-corrected chi connectivity index (χ3v) is 4.91. The number of carbonyl (C=O) groups is 1. The zero-order chi connectivity index (χ0) is 25.4. The summed E-state index contributed by atoms with van der Waals surface area (Å²) in [6, 6.07) is 10.4. The van der Waals surface area contributed by atoms with E-state index in [0.29, 0.717) is 59.2 Å². The Morgan fingerprint density at radius 2 is 1.71 bits per heavy atom. The number of rotatable bonds is 11. The Kier molecular flexibility index (Phi) is 8.69. The molecule has 1 heterocycles. The molecule has 11 heteroatoms. The molecule has 35 heavy (non-hydrogen) atoms. The van der Waals surface area contributed by atoms with Crippen LogP contribution < -0.4 is 19.6 Å². The lowest BCUT2D eigenvalue weighted by molar-refractivity contribution is -0.384. The number of hydrogen-bond acceptors (Lipinski definition) is 8. The molecule has 2 aromatic carbocycles. The van der Waals surface area contributed by atoms with Gasteiger partial charge < -0.3 is 18.6 Å². The van der Waals surface area contributed by atoms with Crippen molar-refractivity contribution in [3.8, 4) is 28.6 Å². The first-order valence-electron chi connectivity index (χ1n) is 10.8. The van der Waals surface area contributed by atoms with E-state index in [4.69, 9.17) is 30.2 Å². The van der Waals surface area contributed by atoms with Crippen LogP contribution in [-0.4, -0.2) is 36.9 Å². The lowest BCUT2D eigenvalue weighted by Crippen LogP contribution is -2.18. The van der Waals surface area contributed by atoms with Gasteiger partial charge in [-0.2, -0.15) is 5.10 Å². The number of furan rings is 1. The van der Waals surface area contributed by atoms with E-state index < -0.39 is 10.8 Å². The van der Waals surface area contributed by atoms with Crippen molar-refractivity contribution in [1.29, 1.82) is 0 Å². The maximum Gasteiger partial charge on any atom is 0.271 e. The van der Waals surface area contributed by atoms with E-state index in [1.54, 1.807) is 24.3 Å². The Morgan fingerprint density at radius 3 is 2.31 bits per heavy atom. The zero-order valence-corrected chi connectivity index (χ0v) is 20.1. The lowest BCUT2D eigenvalue weighted by Gasteiger charge is -2.16. The molecule has 0 aliphatic carbocycles. The molecule has 0 aliphatic rings. The van der Waals surface area contributed by atoms with Crippen LogP contribution >= 0.6 is 11.6 Å². The molecule has 184 valence electrons. The van der Waals surface area contributed by atoms with Crippen LogP contribution in [0.1, 0.15) is 36.9 Å². The monoisotopic (exact) mass is 501 g/mol. The summed E-state index contributed by atoms with van der Waals surface area (Å²) in [5.41, 5.74) is 2.94. The lowest BCUT2D eigenvalue weighted by atomic mass is 10.1. The predicted molar refractivity (Wildman–Crippen MR) is 131 cm³/mol. The van der Waals surface area contributed by atoms with Gasteiger partial charge in [-0.15, -0.1) is 0 Å². The first-order valence-corrected chi connectivity index (χ1v) is 11.2. The van der Waals surface area contributed by atoms with Gasteiger partial charge in [-0.1, -0.05) is 11.6 Å². The van der Waals surface area contributed by atoms with Gasteiger partial charge in [-0.3, -0.25) is 14.9 Å². The number of nitro benzene ring substituents is 1. The second-order valence-corrected chi connectivity index (χ2v) is 7.33. The van der Waals surface area contributed by atoms with Crippen LogP contribution in [0.15, 0.2) is 52.0 Å². The highest BCUT2D eigenvalue weighted by Crippen LogP contribution is 2.39. The number of nitrogens with zero attached hydrogens (tertiary/aromatic N) is 2. The number of ether oxygens (including phenoxy) is 3. The maximum atomic E-state index is 12.7. The molecule has 1 aromatic heterocycles. The molecule has 0 atom stereocenters. The highest BCUT2D eigenvalue weighted by Gasteiger charge is 2.18. The molecule has 0 saturated carbocycles. The van der Waals surface area contributed by atoms with Crippen LogP contribution in [-0.2, 0) is 0 Å². The van der Waals surface area contributed by atoms with E-state index >= 15 is 0 Å². The van der Waals surface area contributed by atoms with E-state index in [0.717, 1.165) is 0 Å². The van der Waals surface area contributed by atoms with Crippen molar-refractivity contribution in [2.24, 2.45) is 5.10 Å². The quantitative estimate of drug-likeness (QED) is 0.210. The second kappa shape index (κ2) is 11.9. The van der Waals surface area contributed by atoms with Crippen LogP contribution in [0.3, 0.4) is 0 Å². The third kappa shape index (κ3) is 6.30. The molecule has 0 aliphatic heterocycles. The Balaban J connectivity index is 1.77. The van der Waals surface area contributed by atoms with Crippen molar-refractivity contribution < 1.29 is 28.3 Å². The largest absolute Gasteiger partial charge is 0.490 e. The molecule has 3 rings (SSSR count). The number of amides is 1. The summed E-state index contributed by atoms with van der Waals surface area (Å²) in [5.74, 6) is 1.33. The summed E-state index contributed by atoms with van der Waals surface area (Å²) in [5, 5.41) is 15.3. The van der Waals surface area contributed by atoms with E-state index in [9.17, 15) is 14.9 Å². The van der Waals surface area contributed by atoms with Gasteiger partial charge in [0.15, 0.2) is 11.5 Å². The number of hydrogen-bond donors (Lipinski definition) is 1. The summed E-state index contributed by atoms with van der Waals surface area (Å²) >= 11 is 6.16. The third-order valence-electron chi connectivity index (χ3n) is 4.58. The first kappa shape index (κ1) is 25.6. The Labute approximate surface area is 206 Å². The van der Waals surface area contributed by atoms with Gasteiger partial charge in [0.1, 0.15) is 11.5 Å². The Bertz CT molecular complexity index is 1210. The minimum Gasteiger partial charge on any atom is -0.490 e. The van der Waals surface area contributed by atoms with Crippen molar-refractivity contribution in [2.75, 3.05) is 19.8 Å². The SMILES string of the molecule is CCOc1cc(C(=O)N/N=C/c2ccc(-c3cc([N+](=O)[O-])ccc3Cl)o2)cc(OCC)c1OCC. The molecule has 0 fully saturated rings. The predicted octanol–water partition coefficient (Wildman–Crippen LogP) is 5.47. The van der Waals surface area contributed by atoms with Crippen LogP contribution in [0, 0.1) is 10.1 Å². The van der Waals surface area contributed by atoms with E-state index in [1.165, 1.54) is 24.4 Å². The van der Waals surface area contributed by atoms with Crippen molar-refractivity contribution in [1.82, 2.24) is 5.43 Å². The molecule has 0 saturated heterocycles. The standard InChI is InChI=1S/C24H24ClN3O7/c1-4-32-21-11-15(12-22(33-5-2)23(21)34-6-3)24(29)27-26-14-17-8-10-20(35-17)18-13-16(28(30)31)7-9-19(18)25/h7-14H,4-6H2,1-3H3,(H,27,29)/b26-14+. The smallest absolute Gasteiger partial charge is 0.271 e. The van der Waals surface area contributed by atoms with E-state index in [1.807, 2.05) is 20.8 Å². The van der Waals surface area contributed by atoms with Crippen LogP contribution in [0.4, 0.5) is 5.69 Å². The fraction of sp³-hybridized carbons (Fsp3) is 0.250. The molecular weight excluding hydrogens is 478 g/mol. The second-order valence-electron chi connectivity index (χ2n) is 6.92. The average Bonchev–Trinajstić information content (AvgIpc) is 3.30. The number of nitro groups is 1. The average molecular weight is 502 g/mol. The highest BCUT2D eigenvalue weighted by molar-refractivity contribution is 6.33. The summed E-state index contributed by atoms with van der Waals surface area (Å²) in [7, 11) is 0. The number of nitrogens with one attached hydrogen (secondary N) is 1. The van der Waals surface area contributed by atoms with Crippen LogP contribution in [0.5, 0.6) is 17.2 Å². The number of carbonyl (C=O) groups excluding carboxylic acids is 1. The van der Waals surface area contributed by atoms with Gasteiger partial charge in [0, 0.05) is 23.3 Å². The van der Waals surface area contributed by atoms with Crippen molar-refractivity contribution >= 4 is 29.4 Å². The van der Waals surface area contributed by atoms with Gasteiger partial charge in [-0.05, 0) is 51.1 Å². The van der Waals surface area contributed by atoms with Gasteiger partial charge in [0.05, 0.1) is 36.0 Å². The van der Waals surface area contributed by atoms with Crippen molar-refractivity contribution in [2.45, 2.75) is 20.8 Å². The fourth-order valence-electron chi connectivity index (χ4n) is 3.12. The van der Waals surface area contributed by atoms with E-state index in [-0.39, 0.29) is 11.3 Å². The summed E-state index contributed by atoms with van der Waals surface area (Å²) in [6.07, 6.45) is 1.30. The minimum atomic E-state index is -0.518. The van der Waals surface area contributed by atoms with Crippen molar-refractivity contribution in [3.63, 3.8) is 0 Å². The highest BCUT2D eigenvalue weighted by atomic mass is 35.5. The first-order chi connectivity index (χ1) is 16.9. The summed E-state index contributed by atoms with van der Waals surface area (Å²) in [6.45, 7) is 6.65. The molecule has 1 amide bonds. The van der Waals surface area contributed by atoms with Crippen LogP contribution in [0.25, 0.3) is 11.3 Å². The summed E-state index contributed by atoms with van der Waals surface area (Å²) < 4.78 is 22.6. The fourth-order valence-corrected chi connectivity index (χ4v) is 3.33. The topological polar surface area (TPSA) is 125 Å². The molecule has 0 spiro atoms. The van der Waals surface area contributed by atoms with Gasteiger partial charge in [-0.25, -0.2) is 5.43 Å². The molecule has 1 N–H and O–H groups in total.